The number of aryl methyl sites for hydroxylation is 1. The molecular weight excluding hydrogens is 228 g/mol. The molecule has 0 radical (unpaired) electrons. The summed E-state index contributed by atoms with van der Waals surface area (Å²) in [6.07, 6.45) is 1.46. The van der Waals surface area contributed by atoms with E-state index in [4.69, 9.17) is 4.74 Å². The molecule has 0 spiro atoms. The molecular formula is C14H22N2O2. The Balaban J connectivity index is 2.59. The first kappa shape index (κ1) is 14.5. The van der Waals surface area contributed by atoms with Crippen LogP contribution < -0.4 is 15.4 Å². The van der Waals surface area contributed by atoms with Gasteiger partial charge in [-0.2, -0.15) is 0 Å². The van der Waals surface area contributed by atoms with Gasteiger partial charge in [0.05, 0.1) is 6.61 Å². The van der Waals surface area contributed by atoms with E-state index in [0.29, 0.717) is 19.6 Å². The van der Waals surface area contributed by atoms with Crippen LogP contribution in [0.5, 0.6) is 5.75 Å². The maximum atomic E-state index is 11.6. The number of ether oxygens (including phenoxy) is 1. The van der Waals surface area contributed by atoms with Gasteiger partial charge < -0.3 is 15.4 Å². The van der Waals surface area contributed by atoms with E-state index in [0.717, 1.165) is 23.4 Å². The van der Waals surface area contributed by atoms with E-state index in [9.17, 15) is 4.79 Å². The third kappa shape index (κ3) is 4.75. The van der Waals surface area contributed by atoms with Crippen molar-refractivity contribution in [1.29, 1.82) is 0 Å². The lowest BCUT2D eigenvalue weighted by atomic mass is 10.2. The van der Waals surface area contributed by atoms with E-state index < -0.39 is 0 Å². The summed E-state index contributed by atoms with van der Waals surface area (Å²) in [5.74, 6) is 0.872. The molecule has 0 saturated carbocycles. The van der Waals surface area contributed by atoms with Gasteiger partial charge in [0.2, 0.25) is 5.91 Å². The predicted molar refractivity (Wildman–Crippen MR) is 74.1 cm³/mol. The smallest absolute Gasteiger partial charge is 0.225 e. The Hall–Kier alpha value is -1.55. The first-order chi connectivity index (χ1) is 8.67. The van der Waals surface area contributed by atoms with Crippen LogP contribution in [0.2, 0.25) is 0 Å². The molecule has 0 saturated heterocycles. The lowest BCUT2D eigenvalue weighted by molar-refractivity contribution is -0.116. The number of amides is 1. The summed E-state index contributed by atoms with van der Waals surface area (Å²) >= 11 is 0. The molecule has 0 fully saturated rings. The highest BCUT2D eigenvalue weighted by Gasteiger charge is 2.05. The number of hydrogen-bond donors (Lipinski definition) is 2. The van der Waals surface area contributed by atoms with Gasteiger partial charge in [-0.3, -0.25) is 4.79 Å². The van der Waals surface area contributed by atoms with Crippen molar-refractivity contribution in [2.24, 2.45) is 0 Å². The van der Waals surface area contributed by atoms with Gasteiger partial charge >= 0.3 is 0 Å². The fourth-order valence-corrected chi connectivity index (χ4v) is 1.54. The third-order valence-electron chi connectivity index (χ3n) is 2.55. The van der Waals surface area contributed by atoms with E-state index in [1.54, 1.807) is 0 Å². The van der Waals surface area contributed by atoms with E-state index in [1.807, 2.05) is 32.2 Å². The van der Waals surface area contributed by atoms with Gasteiger partial charge in [-0.1, -0.05) is 6.92 Å². The van der Waals surface area contributed by atoms with E-state index in [-0.39, 0.29) is 5.91 Å². The molecule has 1 rings (SSSR count). The Labute approximate surface area is 109 Å². The average Bonchev–Trinajstić information content (AvgIpc) is 2.36. The fraction of sp³-hybridized carbons (Fsp3) is 0.500. The molecule has 0 aliphatic heterocycles. The number of nitrogens with one attached hydrogen (secondary N) is 2. The van der Waals surface area contributed by atoms with Crippen molar-refractivity contribution in [2.45, 2.75) is 26.7 Å². The number of benzene rings is 1. The molecule has 1 amide bonds. The zero-order valence-corrected chi connectivity index (χ0v) is 11.4. The second kappa shape index (κ2) is 7.71. The Morgan fingerprint density at radius 2 is 2.17 bits per heavy atom. The minimum Gasteiger partial charge on any atom is -0.494 e. The van der Waals surface area contributed by atoms with Crippen molar-refractivity contribution in [1.82, 2.24) is 5.32 Å². The minimum atomic E-state index is 0.0228. The van der Waals surface area contributed by atoms with Crippen LogP contribution in [0.25, 0.3) is 0 Å². The van der Waals surface area contributed by atoms with Crippen molar-refractivity contribution >= 4 is 11.6 Å². The molecule has 0 bridgehead atoms. The summed E-state index contributed by atoms with van der Waals surface area (Å²) in [4.78, 5) is 11.6. The molecule has 4 nitrogen and oxygen atoms in total. The zero-order chi connectivity index (χ0) is 13.4. The summed E-state index contributed by atoms with van der Waals surface area (Å²) in [6.45, 7) is 5.44. The Morgan fingerprint density at radius 1 is 1.39 bits per heavy atom. The molecule has 100 valence electrons. The second-order valence-corrected chi connectivity index (χ2v) is 4.23. The minimum absolute atomic E-state index is 0.0228. The number of carbonyl (C=O) groups excluding carboxylic acids is 1. The molecule has 0 aromatic heterocycles. The van der Waals surface area contributed by atoms with E-state index >= 15 is 0 Å². The molecule has 0 heterocycles. The van der Waals surface area contributed by atoms with Crippen LogP contribution in [0.3, 0.4) is 0 Å². The van der Waals surface area contributed by atoms with Gasteiger partial charge in [-0.25, -0.2) is 0 Å². The van der Waals surface area contributed by atoms with Crippen LogP contribution in [0.15, 0.2) is 18.2 Å². The Kier molecular flexibility index (Phi) is 6.22. The lowest BCUT2D eigenvalue weighted by Crippen LogP contribution is -2.19. The normalized spacial score (nSPS) is 10.2. The maximum absolute atomic E-state index is 11.6. The molecule has 0 unspecified atom stereocenters. The van der Waals surface area contributed by atoms with Crippen molar-refractivity contribution in [2.75, 3.05) is 25.5 Å². The van der Waals surface area contributed by atoms with E-state index in [1.165, 1.54) is 0 Å². The number of anilines is 1. The summed E-state index contributed by atoms with van der Waals surface area (Å²) in [5, 5.41) is 5.84. The molecule has 1 aromatic rings. The first-order valence-electron chi connectivity index (χ1n) is 6.35. The number of carbonyl (C=O) groups is 1. The molecule has 0 atom stereocenters. The van der Waals surface area contributed by atoms with Gasteiger partial charge in [0.25, 0.3) is 0 Å². The predicted octanol–water partition coefficient (Wildman–Crippen LogP) is 2.33. The van der Waals surface area contributed by atoms with Gasteiger partial charge in [-0.05, 0) is 44.2 Å². The molecule has 18 heavy (non-hydrogen) atoms. The summed E-state index contributed by atoms with van der Waals surface area (Å²) < 4.78 is 5.54. The van der Waals surface area contributed by atoms with Crippen molar-refractivity contribution in [3.63, 3.8) is 0 Å². The van der Waals surface area contributed by atoms with Gasteiger partial charge in [0.1, 0.15) is 5.75 Å². The highest BCUT2D eigenvalue weighted by atomic mass is 16.5. The maximum Gasteiger partial charge on any atom is 0.225 e. The zero-order valence-electron chi connectivity index (χ0n) is 11.4. The van der Waals surface area contributed by atoms with Crippen LogP contribution in [-0.4, -0.2) is 26.1 Å². The largest absolute Gasteiger partial charge is 0.494 e. The highest BCUT2D eigenvalue weighted by molar-refractivity contribution is 5.91. The summed E-state index contributed by atoms with van der Waals surface area (Å²) in [7, 11) is 1.83. The van der Waals surface area contributed by atoms with Gasteiger partial charge in [-0.15, -0.1) is 0 Å². The van der Waals surface area contributed by atoms with Gasteiger partial charge in [0, 0.05) is 18.7 Å². The van der Waals surface area contributed by atoms with Crippen LogP contribution in [0.4, 0.5) is 5.69 Å². The fourth-order valence-electron chi connectivity index (χ4n) is 1.54. The summed E-state index contributed by atoms with van der Waals surface area (Å²) in [5.41, 5.74) is 1.86. The molecule has 2 N–H and O–H groups in total. The topological polar surface area (TPSA) is 50.4 Å². The number of rotatable bonds is 7. The monoisotopic (exact) mass is 250 g/mol. The number of hydrogen-bond acceptors (Lipinski definition) is 3. The molecule has 4 heteroatoms. The van der Waals surface area contributed by atoms with Crippen molar-refractivity contribution in [3.05, 3.63) is 23.8 Å². The average molecular weight is 250 g/mol. The van der Waals surface area contributed by atoms with E-state index in [2.05, 4.69) is 17.6 Å². The van der Waals surface area contributed by atoms with Crippen molar-refractivity contribution in [3.8, 4) is 5.75 Å². The lowest BCUT2D eigenvalue weighted by Gasteiger charge is -2.11. The first-order valence-corrected chi connectivity index (χ1v) is 6.35. The van der Waals surface area contributed by atoms with Gasteiger partial charge in [0.15, 0.2) is 0 Å². The molecule has 0 aliphatic carbocycles. The highest BCUT2D eigenvalue weighted by Crippen LogP contribution is 2.21. The van der Waals surface area contributed by atoms with Crippen LogP contribution in [-0.2, 0) is 4.79 Å². The van der Waals surface area contributed by atoms with Crippen molar-refractivity contribution < 1.29 is 9.53 Å². The Bertz CT molecular complexity index is 391. The molecule has 0 aliphatic rings. The SMILES string of the molecule is CCCOc1ccc(NC(=O)CCNC)c(C)c1. The van der Waals surface area contributed by atoms with Crippen LogP contribution in [0.1, 0.15) is 25.3 Å². The van der Waals surface area contributed by atoms with Crippen LogP contribution in [0, 0.1) is 6.92 Å². The Morgan fingerprint density at radius 3 is 2.78 bits per heavy atom. The third-order valence-corrected chi connectivity index (χ3v) is 2.55. The molecule has 1 aromatic carbocycles. The summed E-state index contributed by atoms with van der Waals surface area (Å²) in [6, 6.07) is 5.72. The quantitative estimate of drug-likeness (QED) is 0.781. The standard InChI is InChI=1S/C14H22N2O2/c1-4-9-18-12-5-6-13(11(2)10-12)16-14(17)7-8-15-3/h5-6,10,15H,4,7-9H2,1-3H3,(H,16,17). The second-order valence-electron chi connectivity index (χ2n) is 4.23. The van der Waals surface area contributed by atoms with Crippen LogP contribution >= 0.6 is 0 Å².